The van der Waals surface area contributed by atoms with Crippen LogP contribution in [0.25, 0.3) is 0 Å². The van der Waals surface area contributed by atoms with Crippen LogP contribution in [0.1, 0.15) is 0 Å². The van der Waals surface area contributed by atoms with Crippen molar-refractivity contribution in [3.05, 3.63) is 12.7 Å². The predicted octanol–water partition coefficient (Wildman–Crippen LogP) is -0.408. The Bertz CT molecular complexity index is 164. The van der Waals surface area contributed by atoms with Crippen LogP contribution in [-0.2, 0) is 18.9 Å². The highest BCUT2D eigenvalue weighted by Crippen LogP contribution is 2.07. The van der Waals surface area contributed by atoms with Gasteiger partial charge in [0, 0.05) is 0 Å². The maximum Gasteiger partial charge on any atom is 0.104 e. The molecule has 0 bridgehead atoms. The molecule has 1 unspecified atom stereocenters. The standard InChI is InChI=1S/C6H14O4.C6H10O2/c7-1-3-9-5-6-10-4-2-8;1-2-3-7-4-6-5-8-6/h7-8H,1-6H2;2,6H,1,3-5H2. The number of epoxide rings is 1. The van der Waals surface area contributed by atoms with Gasteiger partial charge in [-0.25, -0.2) is 0 Å². The van der Waals surface area contributed by atoms with Gasteiger partial charge in [-0.05, 0) is 0 Å². The van der Waals surface area contributed by atoms with Crippen LogP contribution in [-0.4, -0.2) is 75.8 Å². The number of rotatable bonds is 11. The minimum absolute atomic E-state index is 0.0417. The molecule has 0 amide bonds. The molecule has 0 spiro atoms. The second-order valence-corrected chi connectivity index (χ2v) is 3.45. The molecule has 6 heteroatoms. The third kappa shape index (κ3) is 15.5. The Hall–Kier alpha value is -0.500. The molecule has 0 aliphatic carbocycles. The highest BCUT2D eigenvalue weighted by Gasteiger charge is 2.21. The van der Waals surface area contributed by atoms with Crippen molar-refractivity contribution >= 4 is 0 Å². The van der Waals surface area contributed by atoms with Crippen molar-refractivity contribution in [3.63, 3.8) is 0 Å². The molecule has 0 aromatic carbocycles. The van der Waals surface area contributed by atoms with E-state index < -0.39 is 0 Å². The van der Waals surface area contributed by atoms with Crippen LogP contribution < -0.4 is 0 Å². The Morgan fingerprint density at radius 2 is 1.61 bits per heavy atom. The quantitative estimate of drug-likeness (QED) is 0.300. The highest BCUT2D eigenvalue weighted by atomic mass is 16.6. The summed E-state index contributed by atoms with van der Waals surface area (Å²) in [5.41, 5.74) is 0. The SMILES string of the molecule is C=CCOCC1CO1.OCCOCCOCCO. The summed E-state index contributed by atoms with van der Waals surface area (Å²) in [7, 11) is 0. The molecule has 0 radical (unpaired) electrons. The molecule has 6 nitrogen and oxygen atoms in total. The van der Waals surface area contributed by atoms with E-state index >= 15 is 0 Å². The second-order valence-electron chi connectivity index (χ2n) is 3.45. The van der Waals surface area contributed by atoms with Gasteiger partial charge in [0.15, 0.2) is 0 Å². The minimum atomic E-state index is 0.0417. The van der Waals surface area contributed by atoms with Crippen LogP contribution in [0.5, 0.6) is 0 Å². The lowest BCUT2D eigenvalue weighted by molar-refractivity contribution is 0.0222. The molecule has 1 aliphatic rings. The molecule has 2 N–H and O–H groups in total. The normalized spacial score (nSPS) is 16.9. The fourth-order valence-corrected chi connectivity index (χ4v) is 0.898. The summed E-state index contributed by atoms with van der Waals surface area (Å²) >= 11 is 0. The van der Waals surface area contributed by atoms with E-state index in [1.54, 1.807) is 6.08 Å². The van der Waals surface area contributed by atoms with Gasteiger partial charge in [0.25, 0.3) is 0 Å². The van der Waals surface area contributed by atoms with E-state index in [9.17, 15) is 0 Å². The van der Waals surface area contributed by atoms with Crippen LogP contribution in [0.3, 0.4) is 0 Å². The number of aliphatic hydroxyl groups excluding tert-OH is 2. The van der Waals surface area contributed by atoms with E-state index in [1.807, 2.05) is 0 Å². The van der Waals surface area contributed by atoms with Crippen molar-refractivity contribution in [2.45, 2.75) is 6.10 Å². The first-order valence-electron chi connectivity index (χ1n) is 6.02. The Morgan fingerprint density at radius 1 is 1.06 bits per heavy atom. The highest BCUT2D eigenvalue weighted by molar-refractivity contribution is 4.70. The van der Waals surface area contributed by atoms with E-state index in [0.717, 1.165) is 13.2 Å². The first kappa shape index (κ1) is 17.5. The maximum atomic E-state index is 8.26. The Kier molecular flexibility index (Phi) is 14.2. The average Bonchev–Trinajstić information content (AvgIpc) is 3.19. The van der Waals surface area contributed by atoms with Gasteiger partial charge in [-0.15, -0.1) is 6.58 Å². The molecule has 1 aliphatic heterocycles. The number of hydrogen-bond donors (Lipinski definition) is 2. The lowest BCUT2D eigenvalue weighted by Crippen LogP contribution is -2.09. The zero-order valence-electron chi connectivity index (χ0n) is 10.8. The molecular weight excluding hydrogens is 240 g/mol. The van der Waals surface area contributed by atoms with Crippen LogP contribution in [0.15, 0.2) is 12.7 Å². The lowest BCUT2D eigenvalue weighted by Gasteiger charge is -2.01. The van der Waals surface area contributed by atoms with Crippen molar-refractivity contribution in [1.82, 2.24) is 0 Å². The Balaban J connectivity index is 0.000000327. The van der Waals surface area contributed by atoms with Crippen LogP contribution in [0.2, 0.25) is 0 Å². The van der Waals surface area contributed by atoms with Gasteiger partial charge in [0.1, 0.15) is 6.10 Å². The minimum Gasteiger partial charge on any atom is -0.394 e. The number of aliphatic hydroxyl groups is 2. The molecule has 1 saturated heterocycles. The van der Waals surface area contributed by atoms with Gasteiger partial charge in [0.05, 0.1) is 59.5 Å². The van der Waals surface area contributed by atoms with E-state index in [2.05, 4.69) is 6.58 Å². The first-order valence-corrected chi connectivity index (χ1v) is 6.02. The van der Waals surface area contributed by atoms with Crippen molar-refractivity contribution in [3.8, 4) is 0 Å². The largest absolute Gasteiger partial charge is 0.394 e. The molecule has 0 aromatic heterocycles. The molecule has 1 rings (SSSR count). The Labute approximate surface area is 108 Å². The van der Waals surface area contributed by atoms with Gasteiger partial charge < -0.3 is 29.2 Å². The monoisotopic (exact) mass is 264 g/mol. The number of ether oxygens (including phenoxy) is 4. The van der Waals surface area contributed by atoms with Gasteiger partial charge in [-0.2, -0.15) is 0 Å². The second kappa shape index (κ2) is 14.6. The maximum absolute atomic E-state index is 8.26. The predicted molar refractivity (Wildman–Crippen MR) is 66.6 cm³/mol. The van der Waals surface area contributed by atoms with Crippen molar-refractivity contribution in [1.29, 1.82) is 0 Å². The van der Waals surface area contributed by atoms with E-state index in [1.165, 1.54) is 0 Å². The smallest absolute Gasteiger partial charge is 0.104 e. The summed E-state index contributed by atoms with van der Waals surface area (Å²) in [6.07, 6.45) is 2.12. The summed E-state index contributed by atoms with van der Waals surface area (Å²) in [5.74, 6) is 0. The van der Waals surface area contributed by atoms with Crippen LogP contribution in [0.4, 0.5) is 0 Å². The molecular formula is C12H24O6. The zero-order valence-corrected chi connectivity index (χ0v) is 10.8. The summed E-state index contributed by atoms with van der Waals surface area (Å²) in [5, 5.41) is 16.5. The van der Waals surface area contributed by atoms with Crippen molar-refractivity contribution in [2.75, 3.05) is 59.5 Å². The topological polar surface area (TPSA) is 80.7 Å². The van der Waals surface area contributed by atoms with E-state index in [-0.39, 0.29) is 13.2 Å². The van der Waals surface area contributed by atoms with E-state index in [0.29, 0.717) is 39.1 Å². The van der Waals surface area contributed by atoms with Gasteiger partial charge in [-0.3, -0.25) is 0 Å². The zero-order chi connectivity index (χ0) is 13.5. The third-order valence-corrected chi connectivity index (χ3v) is 1.79. The van der Waals surface area contributed by atoms with Gasteiger partial charge in [-0.1, -0.05) is 6.08 Å². The van der Waals surface area contributed by atoms with Crippen molar-refractivity contribution in [2.24, 2.45) is 0 Å². The molecule has 18 heavy (non-hydrogen) atoms. The average molecular weight is 264 g/mol. The molecule has 1 heterocycles. The van der Waals surface area contributed by atoms with E-state index in [4.69, 9.17) is 29.2 Å². The van der Waals surface area contributed by atoms with Crippen LogP contribution in [0, 0.1) is 0 Å². The molecule has 1 atom stereocenters. The first-order chi connectivity index (χ1) is 8.85. The number of hydrogen-bond acceptors (Lipinski definition) is 6. The molecule has 108 valence electrons. The summed E-state index contributed by atoms with van der Waals surface area (Å²) in [4.78, 5) is 0. The molecule has 1 fully saturated rings. The van der Waals surface area contributed by atoms with Gasteiger partial charge >= 0.3 is 0 Å². The molecule has 0 aromatic rings. The van der Waals surface area contributed by atoms with Crippen LogP contribution >= 0.6 is 0 Å². The molecule has 0 saturated carbocycles. The summed E-state index contributed by atoms with van der Waals surface area (Å²) < 4.78 is 19.7. The summed E-state index contributed by atoms with van der Waals surface area (Å²) in [6.45, 7) is 7.48. The summed E-state index contributed by atoms with van der Waals surface area (Å²) in [6, 6.07) is 0. The Morgan fingerprint density at radius 3 is 2.00 bits per heavy atom. The third-order valence-electron chi connectivity index (χ3n) is 1.79. The lowest BCUT2D eigenvalue weighted by atomic mass is 10.5. The van der Waals surface area contributed by atoms with Gasteiger partial charge in [0.2, 0.25) is 0 Å². The van der Waals surface area contributed by atoms with Crippen molar-refractivity contribution < 1.29 is 29.2 Å². The fourth-order valence-electron chi connectivity index (χ4n) is 0.898. The fraction of sp³-hybridized carbons (Fsp3) is 0.833.